The minimum atomic E-state index is -0.300. The van der Waals surface area contributed by atoms with Gasteiger partial charge >= 0.3 is 0 Å². The highest BCUT2D eigenvalue weighted by Crippen LogP contribution is 2.19. The predicted molar refractivity (Wildman–Crippen MR) is 78.1 cm³/mol. The van der Waals surface area contributed by atoms with E-state index in [1.807, 2.05) is 0 Å². The fraction of sp³-hybridized carbons (Fsp3) is 0.667. The lowest BCUT2D eigenvalue weighted by Crippen LogP contribution is -2.31. The number of hydrogen-bond acceptors (Lipinski definition) is 6. The van der Waals surface area contributed by atoms with Crippen molar-refractivity contribution in [3.05, 3.63) is 0 Å². The zero-order chi connectivity index (χ0) is 15.0. The third-order valence-electron chi connectivity index (χ3n) is 2.39. The van der Waals surface area contributed by atoms with E-state index in [2.05, 4.69) is 45.9 Å². The Morgan fingerprint density at radius 3 is 2.90 bits per heavy atom. The number of nitrogens with zero attached hydrogens (tertiary/aromatic N) is 4. The number of aromatic nitrogens is 4. The third kappa shape index (κ3) is 5.59. The highest BCUT2D eigenvalue weighted by atomic mass is 32.2. The fourth-order valence-corrected chi connectivity index (χ4v) is 2.21. The molecule has 1 heterocycles. The second-order valence-corrected chi connectivity index (χ2v) is 5.78. The molecule has 1 atom stereocenters. The van der Waals surface area contributed by atoms with Crippen LogP contribution in [0, 0.1) is 12.3 Å². The molecule has 8 heteroatoms. The quantitative estimate of drug-likeness (QED) is 0.515. The normalized spacial score (nSPS) is 12.2. The molecule has 0 radical (unpaired) electrons. The van der Waals surface area contributed by atoms with Gasteiger partial charge in [-0.3, -0.25) is 4.79 Å². The van der Waals surface area contributed by atoms with E-state index in [-0.39, 0.29) is 17.7 Å². The summed E-state index contributed by atoms with van der Waals surface area (Å²) in [5.74, 6) is 2.24. The summed E-state index contributed by atoms with van der Waals surface area (Å²) in [6.45, 7) is 7.61. The molecule has 1 amide bonds. The highest BCUT2D eigenvalue weighted by molar-refractivity contribution is 8.00. The van der Waals surface area contributed by atoms with Gasteiger partial charge in [-0.1, -0.05) is 31.5 Å². The molecule has 0 aromatic carbocycles. The molecular formula is C12H20N6OS. The Kier molecular flexibility index (Phi) is 7.04. The van der Waals surface area contributed by atoms with Crippen molar-refractivity contribution in [1.82, 2.24) is 30.8 Å². The number of amides is 1. The number of hydrogen-bond donors (Lipinski definition) is 2. The van der Waals surface area contributed by atoms with Gasteiger partial charge in [-0.05, 0) is 17.4 Å². The Hall–Kier alpha value is -1.59. The maximum atomic E-state index is 11.7. The monoisotopic (exact) mass is 296 g/mol. The molecular weight excluding hydrogens is 276 g/mol. The Labute approximate surface area is 123 Å². The Balaban J connectivity index is 2.49. The first-order chi connectivity index (χ1) is 9.54. The van der Waals surface area contributed by atoms with Crippen molar-refractivity contribution >= 4 is 17.7 Å². The van der Waals surface area contributed by atoms with E-state index in [0.717, 1.165) is 6.54 Å². The molecule has 1 aromatic heterocycles. The summed E-state index contributed by atoms with van der Waals surface area (Å²) in [4.78, 5) is 11.7. The van der Waals surface area contributed by atoms with E-state index in [9.17, 15) is 4.79 Å². The zero-order valence-electron chi connectivity index (χ0n) is 12.0. The number of rotatable bonds is 8. The number of terminal acetylenes is 1. The van der Waals surface area contributed by atoms with Crippen LogP contribution in [0.2, 0.25) is 0 Å². The molecule has 0 aliphatic rings. The van der Waals surface area contributed by atoms with Gasteiger partial charge in [0, 0.05) is 12.6 Å². The molecule has 0 aliphatic carbocycles. The molecule has 0 fully saturated rings. The summed E-state index contributed by atoms with van der Waals surface area (Å²) in [6, 6.07) is 0.413. The molecule has 0 spiro atoms. The molecule has 0 aliphatic heterocycles. The van der Waals surface area contributed by atoms with Crippen LogP contribution in [0.3, 0.4) is 0 Å². The van der Waals surface area contributed by atoms with Crippen LogP contribution in [-0.4, -0.2) is 50.5 Å². The van der Waals surface area contributed by atoms with Crippen molar-refractivity contribution in [3.63, 3.8) is 0 Å². The molecule has 0 saturated carbocycles. The van der Waals surface area contributed by atoms with Gasteiger partial charge in [0.1, 0.15) is 0 Å². The predicted octanol–water partition coefficient (Wildman–Crippen LogP) is -0.0989. The van der Waals surface area contributed by atoms with Crippen LogP contribution in [0.5, 0.6) is 0 Å². The first kappa shape index (κ1) is 16.5. The van der Waals surface area contributed by atoms with Crippen LogP contribution >= 0.6 is 11.8 Å². The number of carbonyl (C=O) groups is 1. The first-order valence-corrected chi connectivity index (χ1v) is 7.30. The van der Waals surface area contributed by atoms with Crippen molar-refractivity contribution in [1.29, 1.82) is 0 Å². The van der Waals surface area contributed by atoms with Crippen molar-refractivity contribution in [2.45, 2.75) is 43.8 Å². The second kappa shape index (κ2) is 8.55. The summed E-state index contributed by atoms with van der Waals surface area (Å²) in [6.07, 6.45) is 5.10. The van der Waals surface area contributed by atoms with Gasteiger partial charge in [-0.2, -0.15) is 0 Å². The third-order valence-corrected chi connectivity index (χ3v) is 3.46. The molecule has 2 N–H and O–H groups in total. The maximum absolute atomic E-state index is 11.7. The van der Waals surface area contributed by atoms with Gasteiger partial charge in [0.25, 0.3) is 0 Å². The van der Waals surface area contributed by atoms with Crippen LogP contribution < -0.4 is 10.6 Å². The highest BCUT2D eigenvalue weighted by Gasteiger charge is 2.17. The van der Waals surface area contributed by atoms with E-state index < -0.39 is 0 Å². The van der Waals surface area contributed by atoms with Gasteiger partial charge in [0.15, 0.2) is 0 Å². The summed E-state index contributed by atoms with van der Waals surface area (Å²) >= 11 is 1.31. The Morgan fingerprint density at radius 1 is 1.50 bits per heavy atom. The van der Waals surface area contributed by atoms with Gasteiger partial charge in [0.05, 0.1) is 18.3 Å². The molecule has 0 bridgehead atoms. The van der Waals surface area contributed by atoms with Gasteiger partial charge in [-0.25, -0.2) is 4.68 Å². The summed E-state index contributed by atoms with van der Waals surface area (Å²) in [5, 5.41) is 17.7. The number of thioether (sulfide) groups is 1. The SMILES string of the molecule is C#CCNC(=O)C(C)Sc1nnnn1CCNC(C)C. The second-order valence-electron chi connectivity index (χ2n) is 4.48. The largest absolute Gasteiger partial charge is 0.344 e. The van der Waals surface area contributed by atoms with Crippen LogP contribution in [0.25, 0.3) is 0 Å². The lowest BCUT2D eigenvalue weighted by Gasteiger charge is -2.11. The Morgan fingerprint density at radius 2 is 2.25 bits per heavy atom. The van der Waals surface area contributed by atoms with Gasteiger partial charge in [0.2, 0.25) is 11.1 Å². The summed E-state index contributed by atoms with van der Waals surface area (Å²) < 4.78 is 1.69. The molecule has 7 nitrogen and oxygen atoms in total. The minimum Gasteiger partial charge on any atom is -0.344 e. The molecule has 0 saturated heterocycles. The van der Waals surface area contributed by atoms with E-state index >= 15 is 0 Å². The van der Waals surface area contributed by atoms with Crippen LogP contribution in [0.15, 0.2) is 5.16 Å². The number of nitrogens with one attached hydrogen (secondary N) is 2. The maximum Gasteiger partial charge on any atom is 0.234 e. The van der Waals surface area contributed by atoms with E-state index in [0.29, 0.717) is 17.7 Å². The molecule has 1 rings (SSSR count). The molecule has 110 valence electrons. The van der Waals surface area contributed by atoms with Crippen molar-refractivity contribution in [2.75, 3.05) is 13.1 Å². The Bertz CT molecular complexity index is 467. The lowest BCUT2D eigenvalue weighted by molar-refractivity contribution is -0.120. The molecule has 20 heavy (non-hydrogen) atoms. The van der Waals surface area contributed by atoms with Crippen molar-refractivity contribution in [3.8, 4) is 12.3 Å². The first-order valence-electron chi connectivity index (χ1n) is 6.42. The molecule has 1 aromatic rings. The van der Waals surface area contributed by atoms with Crippen molar-refractivity contribution in [2.24, 2.45) is 0 Å². The standard InChI is InChI=1S/C12H20N6OS/c1-5-6-14-11(19)10(4)20-12-15-16-17-18(12)8-7-13-9(2)3/h1,9-10,13H,6-8H2,2-4H3,(H,14,19). The topological polar surface area (TPSA) is 84.7 Å². The minimum absolute atomic E-state index is 0.122. The van der Waals surface area contributed by atoms with E-state index in [4.69, 9.17) is 6.42 Å². The number of tetrazole rings is 1. The lowest BCUT2D eigenvalue weighted by atomic mass is 10.4. The van der Waals surface area contributed by atoms with Gasteiger partial charge in [-0.15, -0.1) is 11.5 Å². The fourth-order valence-electron chi connectivity index (χ4n) is 1.37. The number of carbonyl (C=O) groups excluding carboxylic acids is 1. The average Bonchev–Trinajstić information content (AvgIpc) is 2.83. The van der Waals surface area contributed by atoms with Crippen LogP contribution in [0.4, 0.5) is 0 Å². The van der Waals surface area contributed by atoms with Gasteiger partial charge < -0.3 is 10.6 Å². The zero-order valence-corrected chi connectivity index (χ0v) is 12.8. The smallest absolute Gasteiger partial charge is 0.234 e. The van der Waals surface area contributed by atoms with Crippen molar-refractivity contribution < 1.29 is 4.79 Å². The van der Waals surface area contributed by atoms with E-state index in [1.165, 1.54) is 11.8 Å². The summed E-state index contributed by atoms with van der Waals surface area (Å²) in [7, 11) is 0. The van der Waals surface area contributed by atoms with Crippen LogP contribution in [-0.2, 0) is 11.3 Å². The summed E-state index contributed by atoms with van der Waals surface area (Å²) in [5.41, 5.74) is 0. The molecule has 1 unspecified atom stereocenters. The van der Waals surface area contributed by atoms with Crippen LogP contribution in [0.1, 0.15) is 20.8 Å². The average molecular weight is 296 g/mol. The van der Waals surface area contributed by atoms with E-state index in [1.54, 1.807) is 11.6 Å².